The summed E-state index contributed by atoms with van der Waals surface area (Å²) in [6, 6.07) is 22.4. The third-order valence-electron chi connectivity index (χ3n) is 6.73. The van der Waals surface area contributed by atoms with Crippen LogP contribution in [0, 0.1) is 0 Å². The van der Waals surface area contributed by atoms with Gasteiger partial charge in [-0.05, 0) is 58.5 Å². The summed E-state index contributed by atoms with van der Waals surface area (Å²) < 4.78 is 0. The highest BCUT2D eigenvalue weighted by Crippen LogP contribution is 2.32. The molecule has 0 radical (unpaired) electrons. The van der Waals surface area contributed by atoms with Crippen LogP contribution in [0.25, 0.3) is 39.1 Å². The molecular formula is C29H27N5O. The Morgan fingerprint density at radius 3 is 2.77 bits per heavy atom. The fraction of sp³-hybridized carbons (Fsp3) is 0.172. The average molecular weight is 462 g/mol. The number of fused-ring (bicyclic) bond motifs is 1. The smallest absolute Gasteiger partial charge is 0.159 e. The first-order valence-electron chi connectivity index (χ1n) is 12.0. The van der Waals surface area contributed by atoms with Crippen LogP contribution in [-0.4, -0.2) is 43.3 Å². The first-order chi connectivity index (χ1) is 17.2. The maximum absolute atomic E-state index is 9.84. The van der Waals surface area contributed by atoms with Crippen LogP contribution in [0.5, 0.6) is 5.75 Å². The highest BCUT2D eigenvalue weighted by atomic mass is 16.3. The van der Waals surface area contributed by atoms with E-state index in [0.717, 1.165) is 70.9 Å². The molecule has 0 atom stereocenters. The van der Waals surface area contributed by atoms with Crippen LogP contribution in [0.15, 0.2) is 79.0 Å². The Bertz CT molecular complexity index is 1530. The van der Waals surface area contributed by atoms with Crippen molar-refractivity contribution in [2.75, 3.05) is 13.1 Å². The lowest BCUT2D eigenvalue weighted by molar-refractivity contribution is 0.348. The molecule has 0 bridgehead atoms. The second-order valence-corrected chi connectivity index (χ2v) is 9.06. The van der Waals surface area contributed by atoms with E-state index in [0.29, 0.717) is 5.75 Å². The van der Waals surface area contributed by atoms with Crippen molar-refractivity contribution < 1.29 is 5.11 Å². The fourth-order valence-electron chi connectivity index (χ4n) is 4.89. The molecule has 1 aliphatic heterocycles. The zero-order valence-electron chi connectivity index (χ0n) is 19.6. The Balaban J connectivity index is 1.23. The number of aromatic hydroxyl groups is 1. The number of aryl methyl sites for hydroxylation is 1. The molecule has 0 saturated heterocycles. The Labute approximate surface area is 204 Å². The van der Waals surface area contributed by atoms with Gasteiger partial charge in [-0.2, -0.15) is 5.10 Å². The average Bonchev–Trinajstić information content (AvgIpc) is 3.63. The number of aromatic amines is 2. The van der Waals surface area contributed by atoms with E-state index < -0.39 is 0 Å². The van der Waals surface area contributed by atoms with Gasteiger partial charge in [0.1, 0.15) is 11.4 Å². The first kappa shape index (κ1) is 21.4. The van der Waals surface area contributed by atoms with Gasteiger partial charge in [-0.3, -0.25) is 10.00 Å². The van der Waals surface area contributed by atoms with Crippen molar-refractivity contribution in [3.63, 3.8) is 0 Å². The van der Waals surface area contributed by atoms with Crippen molar-refractivity contribution in [3.05, 3.63) is 95.8 Å². The summed E-state index contributed by atoms with van der Waals surface area (Å²) in [5, 5.41) is 18.6. The normalized spacial score (nSPS) is 14.0. The molecule has 2 aromatic heterocycles. The number of nitrogens with one attached hydrogen (secondary N) is 2. The summed E-state index contributed by atoms with van der Waals surface area (Å²) in [7, 11) is 0. The molecule has 0 amide bonds. The minimum atomic E-state index is 0.296. The van der Waals surface area contributed by atoms with Gasteiger partial charge >= 0.3 is 0 Å². The number of phenolic OH excluding ortho intramolecular Hbond substituents is 1. The van der Waals surface area contributed by atoms with Gasteiger partial charge in [-0.15, -0.1) is 0 Å². The van der Waals surface area contributed by atoms with Gasteiger partial charge in [0, 0.05) is 25.0 Å². The third-order valence-corrected chi connectivity index (χ3v) is 6.73. The predicted molar refractivity (Wildman–Crippen MR) is 140 cm³/mol. The lowest BCUT2D eigenvalue weighted by Gasteiger charge is -2.15. The number of H-pyrrole nitrogens is 2. The van der Waals surface area contributed by atoms with Gasteiger partial charge in [0.2, 0.25) is 0 Å². The number of hydrogen-bond donors (Lipinski definition) is 3. The van der Waals surface area contributed by atoms with Gasteiger partial charge in [0.15, 0.2) is 5.82 Å². The van der Waals surface area contributed by atoms with Crippen LogP contribution in [0.2, 0.25) is 0 Å². The third kappa shape index (κ3) is 4.13. The van der Waals surface area contributed by atoms with Crippen LogP contribution in [0.1, 0.15) is 23.7 Å². The lowest BCUT2D eigenvalue weighted by Crippen LogP contribution is -2.20. The number of rotatable bonds is 6. The SMILES string of the molecule is CCc1cc(O)ccc1-c1ccc2c(-c3ncc(C4=CCN(Cc5ccccc5)C4)[nH]3)n[nH]c2c1. The molecule has 1 aliphatic rings. The molecule has 6 nitrogen and oxygen atoms in total. The Morgan fingerprint density at radius 2 is 1.91 bits per heavy atom. The number of aromatic nitrogens is 4. The Kier molecular flexibility index (Phi) is 5.43. The summed E-state index contributed by atoms with van der Waals surface area (Å²) in [5.41, 5.74) is 8.75. The van der Waals surface area contributed by atoms with Gasteiger partial charge in [-0.1, -0.05) is 55.5 Å². The largest absolute Gasteiger partial charge is 0.508 e. The summed E-state index contributed by atoms with van der Waals surface area (Å²) >= 11 is 0. The highest BCUT2D eigenvalue weighted by molar-refractivity contribution is 5.94. The molecule has 0 saturated carbocycles. The van der Waals surface area contributed by atoms with Gasteiger partial charge in [0.05, 0.1) is 17.4 Å². The van der Waals surface area contributed by atoms with Crippen molar-refractivity contribution in [1.82, 2.24) is 25.1 Å². The summed E-state index contributed by atoms with van der Waals surface area (Å²) in [4.78, 5) is 10.6. The zero-order valence-corrected chi connectivity index (χ0v) is 19.6. The van der Waals surface area contributed by atoms with E-state index in [9.17, 15) is 5.11 Å². The molecule has 0 unspecified atom stereocenters. The zero-order chi connectivity index (χ0) is 23.8. The van der Waals surface area contributed by atoms with Crippen molar-refractivity contribution >= 4 is 16.5 Å². The van der Waals surface area contributed by atoms with Crippen LogP contribution < -0.4 is 0 Å². The van der Waals surface area contributed by atoms with Crippen molar-refractivity contribution in [3.8, 4) is 28.4 Å². The fourth-order valence-corrected chi connectivity index (χ4v) is 4.89. The molecule has 0 fully saturated rings. The van der Waals surface area contributed by atoms with E-state index in [1.807, 2.05) is 18.3 Å². The summed E-state index contributed by atoms with van der Waals surface area (Å²) in [6.45, 7) is 4.87. The van der Waals surface area contributed by atoms with E-state index in [1.165, 1.54) is 11.1 Å². The van der Waals surface area contributed by atoms with E-state index in [2.05, 4.69) is 86.6 Å². The van der Waals surface area contributed by atoms with Crippen LogP contribution in [0.3, 0.4) is 0 Å². The second kappa shape index (κ2) is 8.89. The highest BCUT2D eigenvalue weighted by Gasteiger charge is 2.19. The summed E-state index contributed by atoms with van der Waals surface area (Å²) in [6.07, 6.45) is 5.04. The van der Waals surface area contributed by atoms with Crippen molar-refractivity contribution in [2.45, 2.75) is 19.9 Å². The molecule has 5 aromatic rings. The van der Waals surface area contributed by atoms with Gasteiger partial charge in [-0.25, -0.2) is 4.98 Å². The minimum absolute atomic E-state index is 0.296. The number of nitrogens with zero attached hydrogens (tertiary/aromatic N) is 3. The Morgan fingerprint density at radius 1 is 1.03 bits per heavy atom. The minimum Gasteiger partial charge on any atom is -0.508 e. The van der Waals surface area contributed by atoms with E-state index >= 15 is 0 Å². The molecule has 3 heterocycles. The number of hydrogen-bond acceptors (Lipinski definition) is 4. The van der Waals surface area contributed by atoms with E-state index in [1.54, 1.807) is 6.07 Å². The topological polar surface area (TPSA) is 80.8 Å². The predicted octanol–water partition coefficient (Wildman–Crippen LogP) is 5.79. The molecule has 0 spiro atoms. The van der Waals surface area contributed by atoms with Gasteiger partial charge < -0.3 is 10.1 Å². The van der Waals surface area contributed by atoms with E-state index in [4.69, 9.17) is 0 Å². The molecule has 35 heavy (non-hydrogen) atoms. The second-order valence-electron chi connectivity index (χ2n) is 9.06. The molecule has 3 aromatic carbocycles. The maximum Gasteiger partial charge on any atom is 0.159 e. The molecule has 6 heteroatoms. The molecule has 0 aliphatic carbocycles. The monoisotopic (exact) mass is 461 g/mol. The number of phenols is 1. The molecule has 6 rings (SSSR count). The van der Waals surface area contributed by atoms with Gasteiger partial charge in [0.25, 0.3) is 0 Å². The lowest BCUT2D eigenvalue weighted by atomic mass is 9.97. The number of benzene rings is 3. The number of imidazole rings is 1. The van der Waals surface area contributed by atoms with Crippen LogP contribution in [-0.2, 0) is 13.0 Å². The van der Waals surface area contributed by atoms with Crippen LogP contribution in [0.4, 0.5) is 0 Å². The van der Waals surface area contributed by atoms with Crippen molar-refractivity contribution in [1.29, 1.82) is 0 Å². The maximum atomic E-state index is 9.84. The standard InChI is InChI=1S/C29H27N5O/c1-2-20-14-23(35)9-11-24(20)21-8-10-25-26(15-21)32-33-28(25)29-30-16-27(31-29)22-12-13-34(18-22)17-19-6-4-3-5-7-19/h3-12,14-16,35H,2,13,17-18H2,1H3,(H,30,31)(H,32,33). The first-order valence-corrected chi connectivity index (χ1v) is 12.0. The molecular weight excluding hydrogens is 434 g/mol. The van der Waals surface area contributed by atoms with Crippen molar-refractivity contribution in [2.24, 2.45) is 0 Å². The Hall–Kier alpha value is -4.16. The molecule has 174 valence electrons. The van der Waals surface area contributed by atoms with Crippen LogP contribution >= 0.6 is 0 Å². The quantitative estimate of drug-likeness (QED) is 0.299. The van der Waals surface area contributed by atoms with E-state index in [-0.39, 0.29) is 0 Å². The molecule has 3 N–H and O–H groups in total. The summed E-state index contributed by atoms with van der Waals surface area (Å²) in [5.74, 6) is 1.06.